The van der Waals surface area contributed by atoms with Crippen LogP contribution in [0.2, 0.25) is 0 Å². The predicted octanol–water partition coefficient (Wildman–Crippen LogP) is 5.80. The van der Waals surface area contributed by atoms with Crippen molar-refractivity contribution in [3.63, 3.8) is 0 Å². The molecular weight excluding hydrogens is 350 g/mol. The van der Waals surface area contributed by atoms with Crippen molar-refractivity contribution in [3.8, 4) is 11.5 Å². The Morgan fingerprint density at radius 3 is 2.39 bits per heavy atom. The molecule has 0 heterocycles. The van der Waals surface area contributed by atoms with Crippen LogP contribution in [0.4, 0.5) is 5.69 Å². The van der Waals surface area contributed by atoms with Gasteiger partial charge < -0.3 is 15.2 Å². The molecule has 0 bridgehead atoms. The van der Waals surface area contributed by atoms with Crippen molar-refractivity contribution in [2.75, 3.05) is 12.4 Å². The molecule has 0 fully saturated rings. The maximum atomic E-state index is 12.6. The average Bonchev–Trinajstić information content (AvgIpc) is 2.66. The fraction of sp³-hybridized carbons (Fsp3) is 0.375. The first kappa shape index (κ1) is 21.5. The maximum absolute atomic E-state index is 12.6. The minimum Gasteiger partial charge on any atom is -0.508 e. The Morgan fingerprint density at radius 2 is 1.86 bits per heavy atom. The van der Waals surface area contributed by atoms with E-state index < -0.39 is 0 Å². The Kier molecular flexibility index (Phi) is 6.90. The van der Waals surface area contributed by atoms with Crippen molar-refractivity contribution in [1.82, 2.24) is 0 Å². The summed E-state index contributed by atoms with van der Waals surface area (Å²) in [5.74, 6) is 0.703. The summed E-state index contributed by atoms with van der Waals surface area (Å²) >= 11 is 0. The molecule has 0 aliphatic heterocycles. The molecule has 0 aliphatic carbocycles. The van der Waals surface area contributed by atoms with Crippen molar-refractivity contribution >= 4 is 17.5 Å². The summed E-state index contributed by atoms with van der Waals surface area (Å²) in [5.41, 5.74) is 3.02. The molecular formula is C24H31NO3. The van der Waals surface area contributed by atoms with E-state index in [9.17, 15) is 9.90 Å². The van der Waals surface area contributed by atoms with E-state index >= 15 is 0 Å². The van der Waals surface area contributed by atoms with Crippen LogP contribution < -0.4 is 10.1 Å². The largest absolute Gasteiger partial charge is 0.508 e. The van der Waals surface area contributed by atoms with Gasteiger partial charge in [-0.2, -0.15) is 0 Å². The average molecular weight is 382 g/mol. The Hall–Kier alpha value is -2.75. The van der Waals surface area contributed by atoms with Crippen molar-refractivity contribution in [1.29, 1.82) is 0 Å². The number of aromatic hydroxyl groups is 1. The summed E-state index contributed by atoms with van der Waals surface area (Å²) in [5, 5.41) is 13.6. The first-order chi connectivity index (χ1) is 13.2. The van der Waals surface area contributed by atoms with Gasteiger partial charge in [-0.05, 0) is 68.2 Å². The molecule has 0 unspecified atom stereocenters. The highest BCUT2D eigenvalue weighted by Gasteiger charge is 2.23. The Morgan fingerprint density at radius 1 is 1.21 bits per heavy atom. The predicted molar refractivity (Wildman–Crippen MR) is 117 cm³/mol. The van der Waals surface area contributed by atoms with Crippen LogP contribution in [0.15, 0.2) is 42.5 Å². The number of ketones is 1. The smallest absolute Gasteiger partial charge is 0.185 e. The molecule has 2 N–H and O–H groups in total. The van der Waals surface area contributed by atoms with Gasteiger partial charge >= 0.3 is 0 Å². The Balaban J connectivity index is 2.41. The third-order valence-corrected chi connectivity index (χ3v) is 4.98. The molecule has 0 saturated carbocycles. The van der Waals surface area contributed by atoms with Gasteiger partial charge in [-0.1, -0.05) is 20.8 Å². The minimum absolute atomic E-state index is 0.0404. The molecule has 0 saturated heterocycles. The molecule has 2 rings (SSSR count). The molecule has 4 nitrogen and oxygen atoms in total. The van der Waals surface area contributed by atoms with Crippen LogP contribution in [0.3, 0.4) is 0 Å². The Labute approximate surface area is 168 Å². The van der Waals surface area contributed by atoms with E-state index in [-0.39, 0.29) is 23.1 Å². The van der Waals surface area contributed by atoms with E-state index in [4.69, 9.17) is 4.74 Å². The summed E-state index contributed by atoms with van der Waals surface area (Å²) in [7, 11) is 1.84. The fourth-order valence-electron chi connectivity index (χ4n) is 2.87. The fourth-order valence-corrected chi connectivity index (χ4v) is 2.87. The van der Waals surface area contributed by atoms with Crippen LogP contribution in [0.25, 0.3) is 6.08 Å². The molecule has 2 aromatic carbocycles. The van der Waals surface area contributed by atoms with Gasteiger partial charge in [0.2, 0.25) is 0 Å². The molecule has 0 amide bonds. The van der Waals surface area contributed by atoms with Gasteiger partial charge in [0, 0.05) is 35.5 Å². The van der Waals surface area contributed by atoms with Crippen LogP contribution in [0.5, 0.6) is 11.5 Å². The number of allylic oxidation sites excluding steroid dienone is 1. The van der Waals surface area contributed by atoms with Crippen LogP contribution in [-0.4, -0.2) is 24.0 Å². The Bertz CT molecular complexity index is 849. The molecule has 28 heavy (non-hydrogen) atoms. The maximum Gasteiger partial charge on any atom is 0.185 e. The van der Waals surface area contributed by atoms with Gasteiger partial charge in [0.1, 0.15) is 11.5 Å². The number of rotatable bonds is 8. The summed E-state index contributed by atoms with van der Waals surface area (Å²) in [6, 6.07) is 10.9. The number of hydrogen-bond acceptors (Lipinski definition) is 4. The number of hydrogen-bond donors (Lipinski definition) is 2. The molecule has 150 valence electrons. The highest BCUT2D eigenvalue weighted by atomic mass is 16.5. The van der Waals surface area contributed by atoms with Gasteiger partial charge in [-0.25, -0.2) is 0 Å². The van der Waals surface area contributed by atoms with Gasteiger partial charge in [0.15, 0.2) is 5.78 Å². The molecule has 0 aromatic heterocycles. The van der Waals surface area contributed by atoms with E-state index in [0.717, 1.165) is 23.2 Å². The van der Waals surface area contributed by atoms with E-state index in [1.165, 1.54) is 0 Å². The topological polar surface area (TPSA) is 58.6 Å². The summed E-state index contributed by atoms with van der Waals surface area (Å²) < 4.78 is 5.86. The minimum atomic E-state index is -0.184. The summed E-state index contributed by atoms with van der Waals surface area (Å²) in [6.07, 6.45) is 4.16. The number of carbonyl (C=O) groups excluding carboxylic acids is 1. The highest BCUT2D eigenvalue weighted by Crippen LogP contribution is 2.38. The zero-order valence-corrected chi connectivity index (χ0v) is 17.7. The normalized spacial score (nSPS) is 11.8. The van der Waals surface area contributed by atoms with E-state index in [0.29, 0.717) is 11.3 Å². The first-order valence-electron chi connectivity index (χ1n) is 9.72. The first-order valence-corrected chi connectivity index (χ1v) is 9.72. The molecule has 0 radical (unpaired) electrons. The number of carbonyl (C=O) groups is 1. The van der Waals surface area contributed by atoms with E-state index in [1.54, 1.807) is 30.4 Å². The quantitative estimate of drug-likeness (QED) is 0.448. The SMILES string of the molecule is CCC(C)(C)c1cc(C=CC(=O)c2ccc(NC)cc2)c(OC(C)C)cc1O. The zero-order valence-electron chi connectivity index (χ0n) is 17.7. The lowest BCUT2D eigenvalue weighted by molar-refractivity contribution is 0.104. The van der Waals surface area contributed by atoms with Crippen LogP contribution >= 0.6 is 0 Å². The van der Waals surface area contributed by atoms with Gasteiger partial charge in [-0.3, -0.25) is 4.79 Å². The second-order valence-corrected chi connectivity index (χ2v) is 7.84. The second kappa shape index (κ2) is 8.96. The third kappa shape index (κ3) is 5.16. The lowest BCUT2D eigenvalue weighted by Gasteiger charge is -2.26. The van der Waals surface area contributed by atoms with Crippen molar-refractivity contribution < 1.29 is 14.6 Å². The molecule has 2 aromatic rings. The highest BCUT2D eigenvalue weighted by molar-refractivity contribution is 6.07. The van der Waals surface area contributed by atoms with Crippen molar-refractivity contribution in [2.45, 2.75) is 52.6 Å². The number of ether oxygens (including phenoxy) is 1. The van der Waals surface area contributed by atoms with Crippen LogP contribution in [0, 0.1) is 0 Å². The molecule has 4 heteroatoms. The number of benzene rings is 2. The summed E-state index contributed by atoms with van der Waals surface area (Å²) in [4.78, 5) is 12.6. The van der Waals surface area contributed by atoms with Crippen molar-refractivity contribution in [3.05, 3.63) is 59.2 Å². The van der Waals surface area contributed by atoms with Crippen LogP contribution in [0.1, 0.15) is 62.5 Å². The standard InChI is InChI=1S/C24H31NO3/c1-7-24(4,5)20-14-18(23(15-22(20)27)28-16(2)3)10-13-21(26)17-8-11-19(25-6)12-9-17/h8-16,25,27H,7H2,1-6H3. The number of nitrogens with one attached hydrogen (secondary N) is 1. The van der Waals surface area contributed by atoms with Crippen LogP contribution in [-0.2, 0) is 5.41 Å². The monoisotopic (exact) mass is 381 g/mol. The van der Waals surface area contributed by atoms with Gasteiger partial charge in [0.25, 0.3) is 0 Å². The molecule has 0 spiro atoms. The molecule has 0 aliphatic rings. The van der Waals surface area contributed by atoms with E-state index in [1.807, 2.05) is 39.1 Å². The molecule has 0 atom stereocenters. The third-order valence-electron chi connectivity index (χ3n) is 4.98. The number of phenolic OH excluding ortho intramolecular Hbond substituents is 1. The summed E-state index contributed by atoms with van der Waals surface area (Å²) in [6.45, 7) is 10.1. The van der Waals surface area contributed by atoms with E-state index in [2.05, 4.69) is 26.1 Å². The lowest BCUT2D eigenvalue weighted by atomic mass is 9.81. The second-order valence-electron chi connectivity index (χ2n) is 7.84. The van der Waals surface area contributed by atoms with Crippen molar-refractivity contribution in [2.24, 2.45) is 0 Å². The lowest BCUT2D eigenvalue weighted by Crippen LogP contribution is -2.16. The number of anilines is 1. The zero-order chi connectivity index (χ0) is 20.9. The van der Waals surface area contributed by atoms with Gasteiger partial charge in [-0.15, -0.1) is 0 Å². The number of phenols is 1. The van der Waals surface area contributed by atoms with Gasteiger partial charge in [0.05, 0.1) is 6.10 Å².